The molecule has 21 heavy (non-hydrogen) atoms. The summed E-state index contributed by atoms with van der Waals surface area (Å²) in [6.07, 6.45) is 3.77. The van der Waals surface area contributed by atoms with Gasteiger partial charge in [-0.25, -0.2) is 17.5 Å². The Bertz CT molecular complexity index is 705. The standard InChI is InChI=1S/C14H16FN3O2S/c15-13-9-12(10-16)1-2-14(13)21(19,20)18-8-5-11-3-6-17-7-4-11/h1-4,6-7,9,18H,5,8,10,16H2. The fraction of sp³-hybridized carbons (Fsp3) is 0.214. The van der Waals surface area contributed by atoms with E-state index in [1.165, 1.54) is 12.1 Å². The van der Waals surface area contributed by atoms with E-state index in [1.807, 2.05) is 0 Å². The van der Waals surface area contributed by atoms with Crippen molar-refractivity contribution in [2.24, 2.45) is 5.73 Å². The van der Waals surface area contributed by atoms with Crippen LogP contribution in [0.1, 0.15) is 11.1 Å². The van der Waals surface area contributed by atoms with Gasteiger partial charge in [0, 0.05) is 25.5 Å². The summed E-state index contributed by atoms with van der Waals surface area (Å²) in [7, 11) is -3.87. The number of benzene rings is 1. The predicted molar refractivity (Wildman–Crippen MR) is 77.4 cm³/mol. The lowest BCUT2D eigenvalue weighted by atomic mass is 10.2. The second-order valence-electron chi connectivity index (χ2n) is 4.47. The molecule has 1 aromatic carbocycles. The minimum absolute atomic E-state index is 0.159. The van der Waals surface area contributed by atoms with Crippen LogP contribution >= 0.6 is 0 Å². The van der Waals surface area contributed by atoms with Crippen molar-refractivity contribution in [2.75, 3.05) is 6.54 Å². The molecular weight excluding hydrogens is 293 g/mol. The van der Waals surface area contributed by atoms with Gasteiger partial charge in [0.05, 0.1) is 0 Å². The van der Waals surface area contributed by atoms with Crippen LogP contribution in [0.15, 0.2) is 47.6 Å². The lowest BCUT2D eigenvalue weighted by Gasteiger charge is -2.08. The highest BCUT2D eigenvalue weighted by molar-refractivity contribution is 7.89. The highest BCUT2D eigenvalue weighted by Crippen LogP contribution is 2.15. The zero-order valence-corrected chi connectivity index (χ0v) is 12.1. The first-order valence-corrected chi connectivity index (χ1v) is 7.88. The molecule has 0 fully saturated rings. The van der Waals surface area contributed by atoms with Crippen LogP contribution in [-0.4, -0.2) is 19.9 Å². The van der Waals surface area contributed by atoms with E-state index in [9.17, 15) is 12.8 Å². The molecule has 112 valence electrons. The smallest absolute Gasteiger partial charge is 0.243 e. The van der Waals surface area contributed by atoms with Gasteiger partial charge in [0.1, 0.15) is 10.7 Å². The monoisotopic (exact) mass is 309 g/mol. The molecule has 0 amide bonds. The molecule has 7 heteroatoms. The fourth-order valence-corrected chi connectivity index (χ4v) is 2.94. The number of hydrogen-bond acceptors (Lipinski definition) is 4. The minimum atomic E-state index is -3.87. The first-order chi connectivity index (χ1) is 10.0. The van der Waals surface area contributed by atoms with E-state index in [1.54, 1.807) is 24.5 Å². The van der Waals surface area contributed by atoms with Crippen LogP contribution in [0.25, 0.3) is 0 Å². The van der Waals surface area contributed by atoms with E-state index in [-0.39, 0.29) is 18.0 Å². The number of hydrogen-bond donors (Lipinski definition) is 2. The number of rotatable bonds is 6. The first-order valence-electron chi connectivity index (χ1n) is 6.40. The number of pyridine rings is 1. The van der Waals surface area contributed by atoms with Crippen LogP contribution in [0.2, 0.25) is 0 Å². The van der Waals surface area contributed by atoms with Crippen molar-refractivity contribution in [3.8, 4) is 0 Å². The maximum Gasteiger partial charge on any atom is 0.243 e. The SMILES string of the molecule is NCc1ccc(S(=O)(=O)NCCc2ccncc2)c(F)c1. The van der Waals surface area contributed by atoms with E-state index >= 15 is 0 Å². The Hall–Kier alpha value is -1.83. The molecule has 0 atom stereocenters. The molecule has 0 aliphatic carbocycles. The third-order valence-corrected chi connectivity index (χ3v) is 4.47. The van der Waals surface area contributed by atoms with Gasteiger partial charge in [-0.05, 0) is 41.8 Å². The van der Waals surface area contributed by atoms with Crippen LogP contribution in [0.5, 0.6) is 0 Å². The minimum Gasteiger partial charge on any atom is -0.326 e. The van der Waals surface area contributed by atoms with Gasteiger partial charge in [0.2, 0.25) is 10.0 Å². The normalized spacial score (nSPS) is 11.5. The van der Waals surface area contributed by atoms with Crippen LogP contribution in [0.4, 0.5) is 4.39 Å². The maximum absolute atomic E-state index is 13.8. The number of nitrogens with zero attached hydrogens (tertiary/aromatic N) is 1. The van der Waals surface area contributed by atoms with Gasteiger partial charge < -0.3 is 5.73 Å². The molecule has 2 rings (SSSR count). The summed E-state index contributed by atoms with van der Waals surface area (Å²) in [5, 5.41) is 0. The van der Waals surface area contributed by atoms with Crippen molar-refractivity contribution in [1.29, 1.82) is 0 Å². The predicted octanol–water partition coefficient (Wildman–Crippen LogP) is 1.20. The Kier molecular flexibility index (Phi) is 5.00. The highest BCUT2D eigenvalue weighted by Gasteiger charge is 2.18. The van der Waals surface area contributed by atoms with Crippen molar-refractivity contribution in [3.63, 3.8) is 0 Å². The maximum atomic E-state index is 13.8. The van der Waals surface area contributed by atoms with Crippen LogP contribution < -0.4 is 10.5 Å². The number of nitrogens with two attached hydrogens (primary N) is 1. The lowest BCUT2D eigenvalue weighted by Crippen LogP contribution is -2.27. The zero-order valence-electron chi connectivity index (χ0n) is 11.3. The van der Waals surface area contributed by atoms with E-state index in [4.69, 9.17) is 5.73 Å². The van der Waals surface area contributed by atoms with Gasteiger partial charge >= 0.3 is 0 Å². The zero-order chi connectivity index (χ0) is 15.3. The van der Waals surface area contributed by atoms with Crippen LogP contribution in [-0.2, 0) is 23.0 Å². The molecule has 0 aliphatic rings. The fourth-order valence-electron chi connectivity index (χ4n) is 1.85. The molecule has 0 bridgehead atoms. The Morgan fingerprint density at radius 3 is 2.48 bits per heavy atom. The second kappa shape index (κ2) is 6.75. The van der Waals surface area contributed by atoms with E-state index in [2.05, 4.69) is 9.71 Å². The van der Waals surface area contributed by atoms with E-state index in [0.29, 0.717) is 12.0 Å². The summed E-state index contributed by atoms with van der Waals surface area (Å²) in [4.78, 5) is 3.51. The summed E-state index contributed by atoms with van der Waals surface area (Å²) in [6, 6.07) is 7.46. The third-order valence-electron chi connectivity index (χ3n) is 2.98. The van der Waals surface area contributed by atoms with Crippen molar-refractivity contribution in [3.05, 3.63) is 59.7 Å². The highest BCUT2D eigenvalue weighted by atomic mass is 32.2. The molecule has 2 aromatic rings. The molecule has 0 radical (unpaired) electrons. The molecule has 0 saturated carbocycles. The van der Waals surface area contributed by atoms with Crippen molar-refractivity contribution < 1.29 is 12.8 Å². The summed E-state index contributed by atoms with van der Waals surface area (Å²) in [5.74, 6) is -0.797. The lowest BCUT2D eigenvalue weighted by molar-refractivity contribution is 0.556. The molecule has 0 aliphatic heterocycles. The van der Waals surface area contributed by atoms with Gasteiger partial charge in [0.25, 0.3) is 0 Å². The number of sulfonamides is 1. The first kappa shape index (κ1) is 15.6. The van der Waals surface area contributed by atoms with Gasteiger partial charge in [-0.3, -0.25) is 4.98 Å². The van der Waals surface area contributed by atoms with Gasteiger partial charge in [-0.1, -0.05) is 6.07 Å². The number of halogens is 1. The number of aromatic nitrogens is 1. The molecule has 1 heterocycles. The van der Waals surface area contributed by atoms with Crippen molar-refractivity contribution in [1.82, 2.24) is 9.71 Å². The average molecular weight is 309 g/mol. The van der Waals surface area contributed by atoms with Gasteiger partial charge in [-0.15, -0.1) is 0 Å². The largest absolute Gasteiger partial charge is 0.326 e. The van der Waals surface area contributed by atoms with E-state index in [0.717, 1.165) is 11.6 Å². The molecular formula is C14H16FN3O2S. The van der Waals surface area contributed by atoms with E-state index < -0.39 is 15.8 Å². The molecule has 0 spiro atoms. The molecule has 1 aromatic heterocycles. The quantitative estimate of drug-likeness (QED) is 0.839. The third kappa shape index (κ3) is 4.07. The van der Waals surface area contributed by atoms with Crippen LogP contribution in [0, 0.1) is 5.82 Å². The Labute approximate surface area is 123 Å². The molecule has 0 saturated heterocycles. The summed E-state index contributed by atoms with van der Waals surface area (Å²) >= 11 is 0. The molecule has 0 unspecified atom stereocenters. The van der Waals surface area contributed by atoms with Crippen molar-refractivity contribution in [2.45, 2.75) is 17.9 Å². The Morgan fingerprint density at radius 2 is 1.86 bits per heavy atom. The van der Waals surface area contributed by atoms with Gasteiger partial charge in [-0.2, -0.15) is 0 Å². The Morgan fingerprint density at radius 1 is 1.14 bits per heavy atom. The molecule has 5 nitrogen and oxygen atoms in total. The molecule has 3 N–H and O–H groups in total. The van der Waals surface area contributed by atoms with Crippen molar-refractivity contribution >= 4 is 10.0 Å². The number of nitrogens with one attached hydrogen (secondary N) is 1. The average Bonchev–Trinajstić information content (AvgIpc) is 2.47. The summed E-state index contributed by atoms with van der Waals surface area (Å²) in [5.41, 5.74) is 6.88. The topological polar surface area (TPSA) is 85.1 Å². The van der Waals surface area contributed by atoms with Crippen LogP contribution in [0.3, 0.4) is 0 Å². The summed E-state index contributed by atoms with van der Waals surface area (Å²) in [6.45, 7) is 0.344. The summed E-state index contributed by atoms with van der Waals surface area (Å²) < 4.78 is 40.3. The Balaban J connectivity index is 2.05. The second-order valence-corrected chi connectivity index (χ2v) is 6.21. The van der Waals surface area contributed by atoms with Gasteiger partial charge in [0.15, 0.2) is 0 Å².